The van der Waals surface area contributed by atoms with Crippen LogP contribution in [0.25, 0.3) is 0 Å². The van der Waals surface area contributed by atoms with Gasteiger partial charge in [-0.25, -0.2) is 0 Å². The first kappa shape index (κ1) is 10.9. The molecule has 1 N–H and O–H groups in total. The first-order chi connectivity index (χ1) is 7.31. The number of amides is 1. The normalized spacial score (nSPS) is 27.5. The number of aliphatic hydroxyl groups is 1. The van der Waals surface area contributed by atoms with Crippen LogP contribution in [0.2, 0.25) is 0 Å². The quantitative estimate of drug-likeness (QED) is 0.766. The molecule has 1 unspecified atom stereocenters. The van der Waals surface area contributed by atoms with Crippen molar-refractivity contribution in [3.63, 3.8) is 0 Å². The average molecular weight is 211 g/mol. The number of likely N-dealkylation sites (tertiary alicyclic amines) is 1. The monoisotopic (exact) mass is 211 g/mol. The lowest BCUT2D eigenvalue weighted by atomic mass is 10.1. The van der Waals surface area contributed by atoms with Gasteiger partial charge in [0.2, 0.25) is 5.91 Å². The second-order valence-corrected chi connectivity index (χ2v) is 4.93. The molecule has 0 spiro atoms. The summed E-state index contributed by atoms with van der Waals surface area (Å²) in [6.45, 7) is 2.06. The van der Waals surface area contributed by atoms with Gasteiger partial charge in [0.25, 0.3) is 0 Å². The van der Waals surface area contributed by atoms with Crippen LogP contribution in [0, 0.1) is 11.8 Å². The summed E-state index contributed by atoms with van der Waals surface area (Å²) in [4.78, 5) is 14.1. The number of rotatable bonds is 3. The second kappa shape index (κ2) is 4.97. The van der Waals surface area contributed by atoms with Gasteiger partial charge < -0.3 is 10.0 Å². The molecule has 2 aliphatic rings. The van der Waals surface area contributed by atoms with Gasteiger partial charge in [0, 0.05) is 25.6 Å². The Kier molecular flexibility index (Phi) is 3.62. The highest BCUT2D eigenvalue weighted by Gasteiger charge is 2.31. The molecule has 2 rings (SSSR count). The van der Waals surface area contributed by atoms with Crippen LogP contribution < -0.4 is 0 Å². The first-order valence-corrected chi connectivity index (χ1v) is 6.21. The molecule has 0 aromatic rings. The minimum absolute atomic E-state index is 0.260. The zero-order chi connectivity index (χ0) is 10.7. The molecule has 1 amide bonds. The van der Waals surface area contributed by atoms with Gasteiger partial charge >= 0.3 is 0 Å². The van der Waals surface area contributed by atoms with Crippen LogP contribution in [0.3, 0.4) is 0 Å². The molecule has 15 heavy (non-hydrogen) atoms. The van der Waals surface area contributed by atoms with E-state index in [-0.39, 0.29) is 6.61 Å². The van der Waals surface area contributed by atoms with Crippen molar-refractivity contribution in [1.82, 2.24) is 4.90 Å². The Labute approximate surface area is 91.5 Å². The molecule has 0 bridgehead atoms. The van der Waals surface area contributed by atoms with E-state index in [4.69, 9.17) is 5.11 Å². The van der Waals surface area contributed by atoms with Gasteiger partial charge in [0.15, 0.2) is 0 Å². The minimum Gasteiger partial charge on any atom is -0.396 e. The maximum Gasteiger partial charge on any atom is 0.225 e. The van der Waals surface area contributed by atoms with Crippen molar-refractivity contribution >= 4 is 5.91 Å². The number of hydrogen-bond donors (Lipinski definition) is 1. The zero-order valence-electron chi connectivity index (χ0n) is 9.32. The van der Waals surface area contributed by atoms with E-state index >= 15 is 0 Å². The molecule has 0 radical (unpaired) electrons. The van der Waals surface area contributed by atoms with Gasteiger partial charge in [0.1, 0.15) is 0 Å². The maximum atomic E-state index is 12.1. The van der Waals surface area contributed by atoms with Crippen LogP contribution in [-0.2, 0) is 4.79 Å². The lowest BCUT2D eigenvalue weighted by Gasteiger charge is -2.20. The highest BCUT2D eigenvalue weighted by atomic mass is 16.3. The number of carbonyl (C=O) groups is 1. The standard InChI is InChI=1S/C12H21NO2/c14-8-6-10-5-7-13(9-10)12(15)11-3-1-2-4-11/h10-11,14H,1-9H2. The van der Waals surface area contributed by atoms with Crippen molar-refractivity contribution in [3.05, 3.63) is 0 Å². The van der Waals surface area contributed by atoms with Crippen LogP contribution in [0.4, 0.5) is 0 Å². The molecular formula is C12H21NO2. The Morgan fingerprint density at radius 3 is 2.67 bits per heavy atom. The van der Waals surface area contributed by atoms with E-state index in [1.807, 2.05) is 4.90 Å². The third-order valence-electron chi connectivity index (χ3n) is 3.84. The largest absolute Gasteiger partial charge is 0.396 e. The van der Waals surface area contributed by atoms with E-state index < -0.39 is 0 Å². The number of carbonyl (C=O) groups excluding carboxylic acids is 1. The van der Waals surface area contributed by atoms with E-state index in [2.05, 4.69) is 0 Å². The van der Waals surface area contributed by atoms with Gasteiger partial charge in [-0.3, -0.25) is 4.79 Å². The summed E-state index contributed by atoms with van der Waals surface area (Å²) in [6, 6.07) is 0. The van der Waals surface area contributed by atoms with Gasteiger partial charge in [0.05, 0.1) is 0 Å². The summed E-state index contributed by atoms with van der Waals surface area (Å²) >= 11 is 0. The Morgan fingerprint density at radius 2 is 2.00 bits per heavy atom. The summed E-state index contributed by atoms with van der Waals surface area (Å²) in [7, 11) is 0. The van der Waals surface area contributed by atoms with Crippen LogP contribution in [-0.4, -0.2) is 35.6 Å². The Hall–Kier alpha value is -0.570. The Morgan fingerprint density at radius 1 is 1.27 bits per heavy atom. The fraction of sp³-hybridized carbons (Fsp3) is 0.917. The molecule has 0 aromatic heterocycles. The van der Waals surface area contributed by atoms with E-state index in [1.54, 1.807) is 0 Å². The van der Waals surface area contributed by atoms with Crippen LogP contribution in [0.5, 0.6) is 0 Å². The predicted molar refractivity (Wildman–Crippen MR) is 58.3 cm³/mol. The molecular weight excluding hydrogens is 190 g/mol. The SMILES string of the molecule is O=C(C1CCCC1)N1CCC(CCO)C1. The summed E-state index contributed by atoms with van der Waals surface area (Å²) in [5.74, 6) is 1.24. The molecule has 1 saturated heterocycles. The van der Waals surface area contributed by atoms with E-state index in [9.17, 15) is 4.79 Å². The average Bonchev–Trinajstić information content (AvgIpc) is 2.87. The first-order valence-electron chi connectivity index (χ1n) is 6.21. The molecule has 3 heteroatoms. The Bertz CT molecular complexity index is 224. The summed E-state index contributed by atoms with van der Waals surface area (Å²) < 4.78 is 0. The maximum absolute atomic E-state index is 12.1. The second-order valence-electron chi connectivity index (χ2n) is 4.93. The lowest BCUT2D eigenvalue weighted by Crippen LogP contribution is -2.33. The van der Waals surface area contributed by atoms with Crippen LogP contribution in [0.15, 0.2) is 0 Å². The van der Waals surface area contributed by atoms with Gasteiger partial charge in [-0.15, -0.1) is 0 Å². The minimum atomic E-state index is 0.260. The highest BCUT2D eigenvalue weighted by Crippen LogP contribution is 2.29. The lowest BCUT2D eigenvalue weighted by molar-refractivity contribution is -0.134. The third-order valence-corrected chi connectivity index (χ3v) is 3.84. The van der Waals surface area contributed by atoms with E-state index in [1.165, 1.54) is 12.8 Å². The number of hydrogen-bond acceptors (Lipinski definition) is 2. The van der Waals surface area contributed by atoms with Gasteiger partial charge in [-0.2, -0.15) is 0 Å². The molecule has 1 aliphatic heterocycles. The number of nitrogens with zero attached hydrogens (tertiary/aromatic N) is 1. The van der Waals surface area contributed by atoms with Gasteiger partial charge in [-0.1, -0.05) is 12.8 Å². The van der Waals surface area contributed by atoms with E-state index in [0.717, 1.165) is 38.8 Å². The third kappa shape index (κ3) is 2.51. The molecule has 1 atom stereocenters. The topological polar surface area (TPSA) is 40.5 Å². The smallest absolute Gasteiger partial charge is 0.225 e. The fourth-order valence-electron chi connectivity index (χ4n) is 2.88. The number of aliphatic hydroxyl groups excluding tert-OH is 1. The molecule has 86 valence electrons. The fourth-order valence-corrected chi connectivity index (χ4v) is 2.88. The predicted octanol–water partition coefficient (Wildman–Crippen LogP) is 1.41. The summed E-state index contributed by atoms with van der Waals surface area (Å²) in [5.41, 5.74) is 0. The van der Waals surface area contributed by atoms with Crippen molar-refractivity contribution in [1.29, 1.82) is 0 Å². The molecule has 2 fully saturated rings. The van der Waals surface area contributed by atoms with Crippen molar-refractivity contribution in [3.8, 4) is 0 Å². The van der Waals surface area contributed by atoms with Gasteiger partial charge in [-0.05, 0) is 31.6 Å². The summed E-state index contributed by atoms with van der Waals surface area (Å²) in [6.07, 6.45) is 6.59. The van der Waals surface area contributed by atoms with Crippen molar-refractivity contribution < 1.29 is 9.90 Å². The molecule has 1 heterocycles. The van der Waals surface area contributed by atoms with E-state index in [0.29, 0.717) is 17.7 Å². The van der Waals surface area contributed by atoms with Crippen molar-refractivity contribution in [2.24, 2.45) is 11.8 Å². The molecule has 1 saturated carbocycles. The zero-order valence-corrected chi connectivity index (χ0v) is 9.32. The van der Waals surface area contributed by atoms with Crippen LogP contribution >= 0.6 is 0 Å². The Balaban J connectivity index is 1.81. The summed E-state index contributed by atoms with van der Waals surface area (Å²) in [5, 5.41) is 8.86. The van der Waals surface area contributed by atoms with Crippen LogP contribution in [0.1, 0.15) is 38.5 Å². The van der Waals surface area contributed by atoms with Crippen molar-refractivity contribution in [2.75, 3.05) is 19.7 Å². The molecule has 1 aliphatic carbocycles. The molecule has 0 aromatic carbocycles. The highest BCUT2D eigenvalue weighted by molar-refractivity contribution is 5.79. The molecule has 3 nitrogen and oxygen atoms in total. The van der Waals surface area contributed by atoms with Crippen molar-refractivity contribution in [2.45, 2.75) is 38.5 Å².